The Morgan fingerprint density at radius 2 is 1.62 bits per heavy atom. The summed E-state index contributed by atoms with van der Waals surface area (Å²) in [6.07, 6.45) is 4.05. The van der Waals surface area contributed by atoms with Crippen molar-refractivity contribution < 1.29 is 14.4 Å². The summed E-state index contributed by atoms with van der Waals surface area (Å²) in [6.45, 7) is 1.44. The molecular formula is C7H7N3O3. The first-order valence-electron chi connectivity index (χ1n) is 3.46. The van der Waals surface area contributed by atoms with Gasteiger partial charge in [0, 0.05) is 0 Å². The van der Waals surface area contributed by atoms with E-state index in [1.54, 1.807) is 6.92 Å². The highest BCUT2D eigenvalue weighted by molar-refractivity contribution is 5.40. The van der Waals surface area contributed by atoms with Crippen LogP contribution in [-0.4, -0.2) is 30.4 Å². The predicted molar refractivity (Wildman–Crippen MR) is 42.3 cm³/mol. The van der Waals surface area contributed by atoms with Gasteiger partial charge in [0.2, 0.25) is 18.2 Å². The second-order valence-electron chi connectivity index (χ2n) is 2.15. The van der Waals surface area contributed by atoms with Crippen molar-refractivity contribution in [1.82, 2.24) is 0 Å². The van der Waals surface area contributed by atoms with Crippen molar-refractivity contribution >= 4 is 18.2 Å². The van der Waals surface area contributed by atoms with Gasteiger partial charge in [-0.3, -0.25) is 0 Å². The maximum Gasteiger partial charge on any atom is 0.237 e. The van der Waals surface area contributed by atoms with Gasteiger partial charge < -0.3 is 0 Å². The molecule has 0 aromatic carbocycles. The Balaban J connectivity index is 4.94. The molecule has 0 saturated heterocycles. The molecule has 0 aliphatic heterocycles. The summed E-state index contributed by atoms with van der Waals surface area (Å²) < 4.78 is 0. The fourth-order valence-electron chi connectivity index (χ4n) is 0.694. The molecule has 0 N–H and O–H groups in total. The van der Waals surface area contributed by atoms with Crippen LogP contribution in [-0.2, 0) is 14.4 Å². The molecule has 0 atom stereocenters. The molecule has 0 spiro atoms. The highest BCUT2D eigenvalue weighted by Crippen LogP contribution is 2.16. The fraction of sp³-hybridized carbons (Fsp3) is 0.571. The van der Waals surface area contributed by atoms with E-state index in [4.69, 9.17) is 0 Å². The molecule has 0 amide bonds. The third-order valence-corrected chi connectivity index (χ3v) is 1.47. The molecule has 0 fully saturated rings. The predicted octanol–water partition coefficient (Wildman–Crippen LogP) is 0.100. The number of rotatable bonds is 5. The number of isocyanates is 3. The van der Waals surface area contributed by atoms with Crippen LogP contribution in [0.4, 0.5) is 0 Å². The molecule has 0 radical (unpaired) electrons. The van der Waals surface area contributed by atoms with Crippen molar-refractivity contribution in [2.75, 3.05) is 6.54 Å². The molecule has 13 heavy (non-hydrogen) atoms. The van der Waals surface area contributed by atoms with E-state index in [1.165, 1.54) is 18.2 Å². The zero-order valence-corrected chi connectivity index (χ0v) is 6.98. The summed E-state index contributed by atoms with van der Waals surface area (Å²) in [5.74, 6) is 0. The lowest BCUT2D eigenvalue weighted by Crippen LogP contribution is -2.26. The highest BCUT2D eigenvalue weighted by Gasteiger charge is 2.26. The Kier molecular flexibility index (Phi) is 4.93. The van der Waals surface area contributed by atoms with E-state index in [-0.39, 0.29) is 13.0 Å². The maximum absolute atomic E-state index is 10.00. The van der Waals surface area contributed by atoms with E-state index in [2.05, 4.69) is 15.0 Å². The van der Waals surface area contributed by atoms with E-state index in [1.807, 2.05) is 0 Å². The molecule has 0 unspecified atom stereocenters. The Morgan fingerprint density at radius 3 is 1.92 bits per heavy atom. The number of carbonyl (C=O) groups excluding carboxylic acids is 3. The van der Waals surface area contributed by atoms with Crippen molar-refractivity contribution in [1.29, 1.82) is 0 Å². The van der Waals surface area contributed by atoms with Gasteiger partial charge in [0.05, 0.1) is 6.54 Å². The average molecular weight is 181 g/mol. The second-order valence-corrected chi connectivity index (χ2v) is 2.15. The largest absolute Gasteiger partial charge is 0.237 e. The van der Waals surface area contributed by atoms with Crippen LogP contribution in [0.15, 0.2) is 15.0 Å². The van der Waals surface area contributed by atoms with Crippen molar-refractivity contribution in [3.05, 3.63) is 0 Å². The molecule has 6 heteroatoms. The normalized spacial score (nSPS) is 12.7. The van der Waals surface area contributed by atoms with E-state index in [0.29, 0.717) is 0 Å². The molecule has 0 heterocycles. The summed E-state index contributed by atoms with van der Waals surface area (Å²) in [5.41, 5.74) is -1.33. The van der Waals surface area contributed by atoms with Gasteiger partial charge in [0.15, 0.2) is 5.66 Å². The van der Waals surface area contributed by atoms with Crippen LogP contribution in [0.25, 0.3) is 0 Å². The van der Waals surface area contributed by atoms with Crippen LogP contribution in [0.5, 0.6) is 0 Å². The second kappa shape index (κ2) is 5.75. The van der Waals surface area contributed by atoms with E-state index < -0.39 is 5.66 Å². The van der Waals surface area contributed by atoms with Gasteiger partial charge >= 0.3 is 0 Å². The molecule has 0 aromatic heterocycles. The van der Waals surface area contributed by atoms with Crippen LogP contribution in [0.2, 0.25) is 0 Å². The van der Waals surface area contributed by atoms with Crippen LogP contribution >= 0.6 is 0 Å². The van der Waals surface area contributed by atoms with Crippen LogP contribution < -0.4 is 0 Å². The first kappa shape index (κ1) is 11.1. The SMILES string of the molecule is CCC(CN=C=O)(N=C=O)N=C=O. The minimum Gasteiger partial charge on any atom is -0.211 e. The Labute approximate surface area is 74.1 Å². The van der Waals surface area contributed by atoms with Crippen LogP contribution in [0.3, 0.4) is 0 Å². The quantitative estimate of drug-likeness (QED) is 0.445. The Morgan fingerprint density at radius 1 is 1.08 bits per heavy atom. The number of hydrogen-bond acceptors (Lipinski definition) is 6. The summed E-state index contributed by atoms with van der Waals surface area (Å²) in [6, 6.07) is 0. The number of hydrogen-bond donors (Lipinski definition) is 0. The average Bonchev–Trinajstić information content (AvgIpc) is 2.15. The fourth-order valence-corrected chi connectivity index (χ4v) is 0.694. The lowest BCUT2D eigenvalue weighted by atomic mass is 10.1. The minimum absolute atomic E-state index is 0.197. The minimum atomic E-state index is -1.33. The molecule has 0 aromatic rings. The van der Waals surface area contributed by atoms with Gasteiger partial charge in [0.1, 0.15) is 0 Å². The molecule has 68 valence electrons. The van der Waals surface area contributed by atoms with Gasteiger partial charge in [-0.15, -0.1) is 0 Å². The lowest BCUT2D eigenvalue weighted by molar-refractivity contribution is 0.432. The van der Waals surface area contributed by atoms with E-state index in [9.17, 15) is 14.4 Å². The van der Waals surface area contributed by atoms with E-state index >= 15 is 0 Å². The molecule has 0 bridgehead atoms. The third-order valence-electron chi connectivity index (χ3n) is 1.47. The summed E-state index contributed by atoms with van der Waals surface area (Å²) in [5, 5.41) is 0. The van der Waals surface area contributed by atoms with Gasteiger partial charge in [-0.05, 0) is 6.42 Å². The summed E-state index contributed by atoms with van der Waals surface area (Å²) in [7, 11) is 0. The Bertz CT molecular complexity index is 289. The molecular weight excluding hydrogens is 174 g/mol. The van der Waals surface area contributed by atoms with Gasteiger partial charge in [0.25, 0.3) is 0 Å². The number of aliphatic imine (C=N–C) groups is 3. The van der Waals surface area contributed by atoms with Gasteiger partial charge in [-0.2, -0.15) is 9.98 Å². The standard InChI is InChI=1S/C7H7N3O3/c1-2-7(9-5-12,10-6-13)3-8-4-11/h2-3H2,1H3. The molecule has 6 nitrogen and oxygen atoms in total. The zero-order valence-electron chi connectivity index (χ0n) is 6.98. The molecule has 0 aliphatic carbocycles. The third kappa shape index (κ3) is 3.36. The summed E-state index contributed by atoms with van der Waals surface area (Å²) in [4.78, 5) is 39.6. The van der Waals surface area contributed by atoms with Crippen molar-refractivity contribution in [2.24, 2.45) is 15.0 Å². The summed E-state index contributed by atoms with van der Waals surface area (Å²) >= 11 is 0. The molecule has 0 aliphatic rings. The van der Waals surface area contributed by atoms with Crippen molar-refractivity contribution in [2.45, 2.75) is 19.0 Å². The molecule has 0 saturated carbocycles. The van der Waals surface area contributed by atoms with Crippen molar-refractivity contribution in [3.63, 3.8) is 0 Å². The van der Waals surface area contributed by atoms with Crippen LogP contribution in [0.1, 0.15) is 13.3 Å². The highest BCUT2D eigenvalue weighted by atomic mass is 16.1. The smallest absolute Gasteiger partial charge is 0.211 e. The van der Waals surface area contributed by atoms with E-state index in [0.717, 1.165) is 0 Å². The van der Waals surface area contributed by atoms with Gasteiger partial charge in [-0.25, -0.2) is 19.4 Å². The van der Waals surface area contributed by atoms with Crippen molar-refractivity contribution in [3.8, 4) is 0 Å². The zero-order chi connectivity index (χ0) is 10.2. The van der Waals surface area contributed by atoms with Crippen LogP contribution in [0, 0.1) is 0 Å². The molecule has 0 rings (SSSR count). The Hall–Kier alpha value is -1.86. The maximum atomic E-state index is 10.00. The monoisotopic (exact) mass is 181 g/mol. The number of nitrogens with zero attached hydrogens (tertiary/aromatic N) is 3. The topological polar surface area (TPSA) is 88.3 Å². The first-order valence-corrected chi connectivity index (χ1v) is 3.46. The first-order chi connectivity index (χ1) is 6.24. The lowest BCUT2D eigenvalue weighted by Gasteiger charge is -2.15. The van der Waals surface area contributed by atoms with Gasteiger partial charge in [-0.1, -0.05) is 6.92 Å².